The van der Waals surface area contributed by atoms with Gasteiger partial charge in [-0.1, -0.05) is 72.8 Å². The molecule has 0 spiro atoms. The average molecular weight is 274 g/mol. The molecule has 0 aliphatic rings. The number of fused-ring (bicyclic) bond motifs is 1. The lowest BCUT2D eigenvalue weighted by Gasteiger charge is -2.24. The minimum atomic E-state index is -0.536. The quantitative estimate of drug-likeness (QED) is 0.614. The van der Waals surface area contributed by atoms with Crippen molar-refractivity contribution < 1.29 is 4.79 Å². The Kier molecular flexibility index (Phi) is 3.34. The van der Waals surface area contributed by atoms with Crippen molar-refractivity contribution in [2.45, 2.75) is 19.3 Å². The third kappa shape index (κ3) is 2.36. The van der Waals surface area contributed by atoms with Crippen molar-refractivity contribution >= 4 is 16.6 Å². The minimum absolute atomic E-state index is 0.158. The first-order valence-corrected chi connectivity index (χ1v) is 7.19. The van der Waals surface area contributed by atoms with Gasteiger partial charge in [0.2, 0.25) is 0 Å². The lowest BCUT2D eigenvalue weighted by atomic mass is 9.77. The third-order valence-corrected chi connectivity index (χ3v) is 4.10. The van der Waals surface area contributed by atoms with Crippen molar-refractivity contribution in [2.75, 3.05) is 0 Å². The molecule has 0 unspecified atom stereocenters. The summed E-state index contributed by atoms with van der Waals surface area (Å²) < 4.78 is 0. The van der Waals surface area contributed by atoms with Gasteiger partial charge in [-0.3, -0.25) is 4.79 Å². The number of rotatable bonds is 3. The van der Waals surface area contributed by atoms with Gasteiger partial charge in [0.1, 0.15) is 0 Å². The summed E-state index contributed by atoms with van der Waals surface area (Å²) in [6.07, 6.45) is 0. The fraction of sp³-hybridized carbons (Fsp3) is 0.150. The van der Waals surface area contributed by atoms with E-state index in [-0.39, 0.29) is 5.78 Å². The Morgan fingerprint density at radius 3 is 2.14 bits per heavy atom. The van der Waals surface area contributed by atoms with E-state index < -0.39 is 5.41 Å². The Morgan fingerprint density at radius 1 is 0.762 bits per heavy atom. The first-order chi connectivity index (χ1) is 10.1. The van der Waals surface area contributed by atoms with Gasteiger partial charge in [-0.25, -0.2) is 0 Å². The number of hydrogen-bond donors (Lipinski definition) is 0. The molecule has 0 amide bonds. The monoisotopic (exact) mass is 274 g/mol. The molecule has 0 saturated heterocycles. The van der Waals surface area contributed by atoms with E-state index >= 15 is 0 Å². The summed E-state index contributed by atoms with van der Waals surface area (Å²) in [5.41, 5.74) is 1.30. The van der Waals surface area contributed by atoms with Gasteiger partial charge in [0.05, 0.1) is 5.41 Å². The molecule has 0 atom stereocenters. The topological polar surface area (TPSA) is 17.1 Å². The Labute approximate surface area is 125 Å². The van der Waals surface area contributed by atoms with Gasteiger partial charge in [0.15, 0.2) is 5.78 Å². The predicted molar refractivity (Wildman–Crippen MR) is 87.7 cm³/mol. The Morgan fingerprint density at radius 2 is 1.38 bits per heavy atom. The smallest absolute Gasteiger partial charge is 0.173 e. The van der Waals surface area contributed by atoms with Crippen LogP contribution in [0.25, 0.3) is 10.8 Å². The van der Waals surface area contributed by atoms with E-state index in [9.17, 15) is 4.79 Å². The van der Waals surface area contributed by atoms with E-state index in [1.807, 2.05) is 86.6 Å². The van der Waals surface area contributed by atoms with Crippen molar-refractivity contribution in [3.8, 4) is 0 Å². The first-order valence-electron chi connectivity index (χ1n) is 7.19. The molecule has 1 heteroatoms. The van der Waals surface area contributed by atoms with Crippen molar-refractivity contribution in [1.29, 1.82) is 0 Å². The molecule has 3 aromatic rings. The van der Waals surface area contributed by atoms with Crippen LogP contribution in [-0.2, 0) is 5.41 Å². The van der Waals surface area contributed by atoms with Crippen LogP contribution in [0.4, 0.5) is 0 Å². The molecule has 0 radical (unpaired) electrons. The van der Waals surface area contributed by atoms with Gasteiger partial charge in [-0.15, -0.1) is 0 Å². The molecule has 0 aliphatic heterocycles. The number of ketones is 1. The summed E-state index contributed by atoms with van der Waals surface area (Å²) in [6, 6.07) is 23.9. The zero-order chi connectivity index (χ0) is 14.9. The second-order valence-electron chi connectivity index (χ2n) is 5.85. The molecule has 21 heavy (non-hydrogen) atoms. The van der Waals surface area contributed by atoms with Gasteiger partial charge in [0.25, 0.3) is 0 Å². The molecule has 3 aromatic carbocycles. The summed E-state index contributed by atoms with van der Waals surface area (Å²) in [4.78, 5) is 13.1. The summed E-state index contributed by atoms with van der Waals surface area (Å²) in [6.45, 7) is 3.98. The van der Waals surface area contributed by atoms with E-state index in [0.717, 1.165) is 21.9 Å². The molecule has 0 aliphatic carbocycles. The Hall–Kier alpha value is -2.41. The second kappa shape index (κ2) is 5.17. The molecule has 104 valence electrons. The van der Waals surface area contributed by atoms with Gasteiger partial charge >= 0.3 is 0 Å². The van der Waals surface area contributed by atoms with Crippen molar-refractivity contribution in [3.05, 3.63) is 83.9 Å². The maximum atomic E-state index is 13.1. The fourth-order valence-corrected chi connectivity index (χ4v) is 2.75. The van der Waals surface area contributed by atoms with Gasteiger partial charge in [-0.2, -0.15) is 0 Å². The van der Waals surface area contributed by atoms with Crippen LogP contribution < -0.4 is 0 Å². The summed E-state index contributed by atoms with van der Waals surface area (Å²) in [7, 11) is 0. The number of carbonyl (C=O) groups is 1. The van der Waals surface area contributed by atoms with Crippen LogP contribution in [0, 0.1) is 0 Å². The highest BCUT2D eigenvalue weighted by Crippen LogP contribution is 2.30. The van der Waals surface area contributed by atoms with Crippen molar-refractivity contribution in [2.24, 2.45) is 0 Å². The van der Waals surface area contributed by atoms with Crippen LogP contribution in [0.1, 0.15) is 29.8 Å². The second-order valence-corrected chi connectivity index (χ2v) is 5.85. The van der Waals surface area contributed by atoms with Crippen molar-refractivity contribution in [1.82, 2.24) is 0 Å². The van der Waals surface area contributed by atoms with E-state index in [1.54, 1.807) is 0 Å². The molecule has 0 saturated carbocycles. The van der Waals surface area contributed by atoms with Gasteiger partial charge in [0, 0.05) is 5.56 Å². The molecular formula is C20H18O. The number of carbonyl (C=O) groups excluding carboxylic acids is 1. The highest BCUT2D eigenvalue weighted by Gasteiger charge is 2.31. The zero-order valence-electron chi connectivity index (χ0n) is 12.3. The Bertz CT molecular complexity index is 780. The number of benzene rings is 3. The van der Waals surface area contributed by atoms with Crippen LogP contribution >= 0.6 is 0 Å². The van der Waals surface area contributed by atoms with Crippen LogP contribution in [0.5, 0.6) is 0 Å². The molecular weight excluding hydrogens is 256 g/mol. The first kappa shape index (κ1) is 13.6. The standard InChI is InChI=1S/C20H18O/c1-20(2,16-11-4-3-5-12-16)19(21)18-14-8-10-15-9-6-7-13-17(15)18/h3-14H,1-2H3. The van der Waals surface area contributed by atoms with E-state index in [1.165, 1.54) is 0 Å². The Balaban J connectivity index is 2.13. The summed E-state index contributed by atoms with van der Waals surface area (Å²) >= 11 is 0. The van der Waals surface area contributed by atoms with E-state index in [4.69, 9.17) is 0 Å². The van der Waals surface area contributed by atoms with Crippen LogP contribution in [0.15, 0.2) is 72.8 Å². The van der Waals surface area contributed by atoms with Crippen LogP contribution in [0.3, 0.4) is 0 Å². The van der Waals surface area contributed by atoms with Crippen LogP contribution in [0.2, 0.25) is 0 Å². The SMILES string of the molecule is CC(C)(C(=O)c1cccc2ccccc12)c1ccccc1. The maximum Gasteiger partial charge on any atom is 0.173 e. The molecule has 0 bridgehead atoms. The molecule has 0 heterocycles. The number of hydrogen-bond acceptors (Lipinski definition) is 1. The molecule has 1 nitrogen and oxygen atoms in total. The largest absolute Gasteiger partial charge is 0.293 e. The zero-order valence-corrected chi connectivity index (χ0v) is 12.3. The normalized spacial score (nSPS) is 11.5. The fourth-order valence-electron chi connectivity index (χ4n) is 2.75. The molecule has 0 N–H and O–H groups in total. The minimum Gasteiger partial charge on any atom is -0.293 e. The number of Topliss-reactive ketones (excluding diaryl/α,β-unsaturated/α-hetero) is 1. The van der Waals surface area contributed by atoms with E-state index in [2.05, 4.69) is 0 Å². The molecule has 0 aromatic heterocycles. The molecule has 3 rings (SSSR count). The maximum absolute atomic E-state index is 13.1. The highest BCUT2D eigenvalue weighted by molar-refractivity contribution is 6.12. The summed E-state index contributed by atoms with van der Waals surface area (Å²) in [5.74, 6) is 0.158. The van der Waals surface area contributed by atoms with Crippen LogP contribution in [-0.4, -0.2) is 5.78 Å². The van der Waals surface area contributed by atoms with Gasteiger partial charge < -0.3 is 0 Å². The van der Waals surface area contributed by atoms with E-state index in [0.29, 0.717) is 0 Å². The van der Waals surface area contributed by atoms with Crippen molar-refractivity contribution in [3.63, 3.8) is 0 Å². The average Bonchev–Trinajstić information content (AvgIpc) is 2.54. The highest BCUT2D eigenvalue weighted by atomic mass is 16.1. The molecule has 0 fully saturated rings. The van der Waals surface area contributed by atoms with Gasteiger partial charge in [-0.05, 0) is 30.2 Å². The lowest BCUT2D eigenvalue weighted by Crippen LogP contribution is -2.29. The third-order valence-electron chi connectivity index (χ3n) is 4.10. The lowest BCUT2D eigenvalue weighted by molar-refractivity contribution is 0.0910. The predicted octanol–water partition coefficient (Wildman–Crippen LogP) is 5.00. The summed E-state index contributed by atoms with van der Waals surface area (Å²) in [5, 5.41) is 2.13.